The number of carboxylic acid groups (broad SMARTS) is 2. The van der Waals surface area contributed by atoms with E-state index in [1.54, 1.807) is 13.0 Å². The van der Waals surface area contributed by atoms with E-state index in [1.807, 2.05) is 0 Å². The number of carboxylic acids is 2. The summed E-state index contributed by atoms with van der Waals surface area (Å²) in [4.78, 5) is 32.9. The van der Waals surface area contributed by atoms with Crippen LogP contribution in [0.15, 0.2) is 18.2 Å². The number of carbonyl (C=O) groups excluding carboxylic acids is 1. The SMILES string of the molecule is Cc1ccc(NC(=O)N[C@@H](CCC(=O)O)C(=O)O)c(F)c1. The molecule has 1 aromatic carbocycles. The van der Waals surface area contributed by atoms with Crippen LogP contribution in [0, 0.1) is 12.7 Å². The number of urea groups is 1. The van der Waals surface area contributed by atoms with Gasteiger partial charge in [0.2, 0.25) is 0 Å². The Morgan fingerprint density at radius 1 is 1.29 bits per heavy atom. The van der Waals surface area contributed by atoms with Gasteiger partial charge in [0.15, 0.2) is 0 Å². The van der Waals surface area contributed by atoms with E-state index >= 15 is 0 Å². The summed E-state index contributed by atoms with van der Waals surface area (Å²) in [5, 5.41) is 21.6. The first-order valence-electron chi connectivity index (χ1n) is 6.08. The summed E-state index contributed by atoms with van der Waals surface area (Å²) >= 11 is 0. The summed E-state index contributed by atoms with van der Waals surface area (Å²) in [6.07, 6.45) is -0.676. The molecular weight excluding hydrogens is 283 g/mol. The zero-order valence-electron chi connectivity index (χ0n) is 11.2. The molecule has 1 aromatic rings. The third-order valence-electron chi connectivity index (χ3n) is 2.62. The van der Waals surface area contributed by atoms with Gasteiger partial charge in [-0.25, -0.2) is 14.0 Å². The number of amides is 2. The molecule has 0 bridgehead atoms. The van der Waals surface area contributed by atoms with E-state index in [9.17, 15) is 18.8 Å². The van der Waals surface area contributed by atoms with Crippen molar-refractivity contribution < 1.29 is 29.0 Å². The van der Waals surface area contributed by atoms with Crippen LogP contribution in [-0.2, 0) is 9.59 Å². The molecule has 0 aliphatic carbocycles. The van der Waals surface area contributed by atoms with Crippen molar-refractivity contribution in [2.45, 2.75) is 25.8 Å². The zero-order valence-corrected chi connectivity index (χ0v) is 11.2. The first-order valence-corrected chi connectivity index (χ1v) is 6.08. The van der Waals surface area contributed by atoms with Crippen molar-refractivity contribution in [2.75, 3.05) is 5.32 Å². The second-order valence-electron chi connectivity index (χ2n) is 4.40. The molecule has 1 rings (SSSR count). The lowest BCUT2D eigenvalue weighted by atomic mass is 10.1. The molecule has 0 aliphatic rings. The molecule has 21 heavy (non-hydrogen) atoms. The van der Waals surface area contributed by atoms with Crippen LogP contribution < -0.4 is 10.6 Å². The number of nitrogens with one attached hydrogen (secondary N) is 2. The van der Waals surface area contributed by atoms with Gasteiger partial charge in [-0.05, 0) is 31.0 Å². The highest BCUT2D eigenvalue weighted by Crippen LogP contribution is 2.15. The second-order valence-corrected chi connectivity index (χ2v) is 4.40. The number of hydrogen-bond donors (Lipinski definition) is 4. The van der Waals surface area contributed by atoms with E-state index in [0.29, 0.717) is 5.56 Å². The van der Waals surface area contributed by atoms with Crippen molar-refractivity contribution in [1.29, 1.82) is 0 Å². The predicted octanol–water partition coefficient (Wildman–Crippen LogP) is 1.57. The zero-order chi connectivity index (χ0) is 16.0. The van der Waals surface area contributed by atoms with Crippen LogP contribution in [0.4, 0.5) is 14.9 Å². The van der Waals surface area contributed by atoms with E-state index in [1.165, 1.54) is 12.1 Å². The number of hydrogen-bond acceptors (Lipinski definition) is 3. The third-order valence-corrected chi connectivity index (χ3v) is 2.62. The molecule has 1 atom stereocenters. The minimum atomic E-state index is -1.37. The maximum Gasteiger partial charge on any atom is 0.326 e. The highest BCUT2D eigenvalue weighted by molar-refractivity contribution is 5.92. The van der Waals surface area contributed by atoms with Crippen LogP contribution in [0.3, 0.4) is 0 Å². The molecule has 114 valence electrons. The molecule has 7 nitrogen and oxygen atoms in total. The number of halogens is 1. The summed E-state index contributed by atoms with van der Waals surface area (Å²) < 4.78 is 13.5. The van der Waals surface area contributed by atoms with E-state index in [0.717, 1.165) is 0 Å². The van der Waals surface area contributed by atoms with Crippen LogP contribution >= 0.6 is 0 Å². The molecule has 0 fully saturated rings. The number of rotatable bonds is 6. The van der Waals surface area contributed by atoms with Gasteiger partial charge in [-0.1, -0.05) is 6.07 Å². The van der Waals surface area contributed by atoms with Gasteiger partial charge in [0.05, 0.1) is 5.69 Å². The molecule has 0 radical (unpaired) electrons. The predicted molar refractivity (Wildman–Crippen MR) is 71.6 cm³/mol. The average Bonchev–Trinajstić information content (AvgIpc) is 2.37. The fourth-order valence-corrected chi connectivity index (χ4v) is 1.56. The summed E-state index contributed by atoms with van der Waals surface area (Å²) in [7, 11) is 0. The molecule has 0 saturated carbocycles. The first-order chi connectivity index (χ1) is 9.79. The molecule has 0 aliphatic heterocycles. The standard InChI is InChI=1S/C13H15FN2O5/c1-7-2-3-9(8(14)6-7)15-13(21)16-10(12(19)20)4-5-11(17)18/h2-3,6,10H,4-5H2,1H3,(H,17,18)(H,19,20)(H2,15,16,21)/t10-/m0/s1. The monoisotopic (exact) mass is 298 g/mol. The fraction of sp³-hybridized carbons (Fsp3) is 0.308. The van der Waals surface area contributed by atoms with Crippen molar-refractivity contribution in [3.8, 4) is 0 Å². The average molecular weight is 298 g/mol. The number of carbonyl (C=O) groups is 3. The molecule has 0 unspecified atom stereocenters. The van der Waals surface area contributed by atoms with Crippen LogP contribution in [0.5, 0.6) is 0 Å². The number of benzene rings is 1. The van der Waals surface area contributed by atoms with Gasteiger partial charge in [-0.2, -0.15) is 0 Å². The van der Waals surface area contributed by atoms with Crippen molar-refractivity contribution in [3.63, 3.8) is 0 Å². The molecule has 0 saturated heterocycles. The Kier molecular flexibility index (Phi) is 5.65. The highest BCUT2D eigenvalue weighted by Gasteiger charge is 2.21. The van der Waals surface area contributed by atoms with E-state index < -0.39 is 36.2 Å². The molecule has 0 aromatic heterocycles. The topological polar surface area (TPSA) is 116 Å². The number of aliphatic carboxylic acids is 2. The smallest absolute Gasteiger partial charge is 0.326 e. The Hall–Kier alpha value is -2.64. The third kappa shape index (κ3) is 5.47. The van der Waals surface area contributed by atoms with Gasteiger partial charge < -0.3 is 20.8 Å². The van der Waals surface area contributed by atoms with Crippen LogP contribution in [0.2, 0.25) is 0 Å². The van der Waals surface area contributed by atoms with Crippen LogP contribution in [0.25, 0.3) is 0 Å². The molecule has 0 spiro atoms. The minimum Gasteiger partial charge on any atom is -0.481 e. The molecule has 4 N–H and O–H groups in total. The molecule has 8 heteroatoms. The van der Waals surface area contributed by atoms with E-state index in [-0.39, 0.29) is 12.1 Å². The molecular formula is C13H15FN2O5. The largest absolute Gasteiger partial charge is 0.481 e. The van der Waals surface area contributed by atoms with Gasteiger partial charge in [-0.15, -0.1) is 0 Å². The summed E-state index contributed by atoms with van der Waals surface area (Å²) in [6, 6.07) is 1.86. The van der Waals surface area contributed by atoms with Crippen molar-refractivity contribution in [1.82, 2.24) is 5.32 Å². The van der Waals surface area contributed by atoms with Crippen LogP contribution in [-0.4, -0.2) is 34.2 Å². The first kappa shape index (κ1) is 16.4. The summed E-state index contributed by atoms with van der Waals surface area (Å²) in [5.41, 5.74) is 0.573. The van der Waals surface area contributed by atoms with Gasteiger partial charge in [0.25, 0.3) is 0 Å². The van der Waals surface area contributed by atoms with E-state index in [4.69, 9.17) is 10.2 Å². The number of anilines is 1. The van der Waals surface area contributed by atoms with Crippen molar-refractivity contribution in [3.05, 3.63) is 29.6 Å². The lowest BCUT2D eigenvalue weighted by Gasteiger charge is -2.14. The van der Waals surface area contributed by atoms with Crippen molar-refractivity contribution in [2.24, 2.45) is 0 Å². The summed E-state index contributed by atoms with van der Waals surface area (Å²) in [6.45, 7) is 1.68. The molecule has 2 amide bonds. The van der Waals surface area contributed by atoms with E-state index in [2.05, 4.69) is 10.6 Å². The van der Waals surface area contributed by atoms with Gasteiger partial charge in [-0.3, -0.25) is 4.79 Å². The number of aryl methyl sites for hydroxylation is 1. The van der Waals surface area contributed by atoms with Crippen molar-refractivity contribution >= 4 is 23.7 Å². The Morgan fingerprint density at radius 2 is 1.95 bits per heavy atom. The fourth-order valence-electron chi connectivity index (χ4n) is 1.56. The quantitative estimate of drug-likeness (QED) is 0.636. The minimum absolute atomic E-state index is 0.0968. The highest BCUT2D eigenvalue weighted by atomic mass is 19.1. The Morgan fingerprint density at radius 3 is 2.48 bits per heavy atom. The Balaban J connectivity index is 2.65. The lowest BCUT2D eigenvalue weighted by molar-refractivity contribution is -0.140. The lowest BCUT2D eigenvalue weighted by Crippen LogP contribution is -2.43. The normalized spacial score (nSPS) is 11.5. The second kappa shape index (κ2) is 7.22. The maximum atomic E-state index is 13.5. The Labute approximate surface area is 119 Å². The van der Waals surface area contributed by atoms with Gasteiger partial charge in [0, 0.05) is 6.42 Å². The van der Waals surface area contributed by atoms with Gasteiger partial charge >= 0.3 is 18.0 Å². The van der Waals surface area contributed by atoms with Gasteiger partial charge in [0.1, 0.15) is 11.9 Å². The Bertz CT molecular complexity index is 561. The molecule has 0 heterocycles. The van der Waals surface area contributed by atoms with Crippen LogP contribution in [0.1, 0.15) is 18.4 Å². The summed E-state index contributed by atoms with van der Waals surface area (Å²) in [5.74, 6) is -3.19. The maximum absolute atomic E-state index is 13.5.